The third kappa shape index (κ3) is 6.59. The molecule has 2 amide bonds. The molecule has 1 atom stereocenters. The standard InChI is InChI=1S/C14H25N3OS/c1-4-12(2)17(3)10-9-16-14(18)15-8-7-13-6-5-11-19-13/h5-6,11-12H,4,7-10H2,1-3H3,(H2,15,16,18). The number of carbonyl (C=O) groups excluding carboxylic acids is 1. The number of urea groups is 1. The molecule has 4 nitrogen and oxygen atoms in total. The van der Waals surface area contributed by atoms with Crippen LogP contribution in [-0.2, 0) is 6.42 Å². The van der Waals surface area contributed by atoms with Gasteiger partial charge in [-0.05, 0) is 38.3 Å². The van der Waals surface area contributed by atoms with Crippen molar-refractivity contribution < 1.29 is 4.79 Å². The Kier molecular flexibility index (Phi) is 7.52. The van der Waals surface area contributed by atoms with Gasteiger partial charge in [0.1, 0.15) is 0 Å². The highest BCUT2D eigenvalue weighted by molar-refractivity contribution is 7.09. The lowest BCUT2D eigenvalue weighted by atomic mass is 10.2. The monoisotopic (exact) mass is 283 g/mol. The van der Waals surface area contributed by atoms with Crippen LogP contribution in [0.15, 0.2) is 17.5 Å². The summed E-state index contributed by atoms with van der Waals surface area (Å²) in [5.74, 6) is 0. The van der Waals surface area contributed by atoms with Gasteiger partial charge in [0, 0.05) is 30.6 Å². The van der Waals surface area contributed by atoms with Crippen molar-refractivity contribution in [3.8, 4) is 0 Å². The van der Waals surface area contributed by atoms with Crippen molar-refractivity contribution in [2.75, 3.05) is 26.7 Å². The van der Waals surface area contributed by atoms with Crippen molar-refractivity contribution in [1.82, 2.24) is 15.5 Å². The van der Waals surface area contributed by atoms with Gasteiger partial charge < -0.3 is 15.5 Å². The molecule has 0 spiro atoms. The number of thiophene rings is 1. The zero-order chi connectivity index (χ0) is 14.1. The molecule has 0 aliphatic rings. The zero-order valence-corrected chi connectivity index (χ0v) is 12.9. The second kappa shape index (κ2) is 8.93. The number of nitrogens with one attached hydrogen (secondary N) is 2. The van der Waals surface area contributed by atoms with Gasteiger partial charge in [0.15, 0.2) is 0 Å². The van der Waals surface area contributed by atoms with Crippen molar-refractivity contribution in [3.63, 3.8) is 0 Å². The fourth-order valence-electron chi connectivity index (χ4n) is 1.69. The zero-order valence-electron chi connectivity index (χ0n) is 12.1. The summed E-state index contributed by atoms with van der Waals surface area (Å²) in [4.78, 5) is 15.1. The molecule has 0 saturated heterocycles. The Balaban J connectivity index is 2.05. The first-order valence-electron chi connectivity index (χ1n) is 6.87. The summed E-state index contributed by atoms with van der Waals surface area (Å²) in [6, 6.07) is 4.61. The highest BCUT2D eigenvalue weighted by Crippen LogP contribution is 2.07. The van der Waals surface area contributed by atoms with Crippen LogP contribution in [0.25, 0.3) is 0 Å². The van der Waals surface area contributed by atoms with Gasteiger partial charge in [-0.15, -0.1) is 11.3 Å². The average Bonchev–Trinajstić information content (AvgIpc) is 2.90. The number of rotatable bonds is 8. The molecule has 0 bridgehead atoms. The smallest absolute Gasteiger partial charge is 0.314 e. The largest absolute Gasteiger partial charge is 0.338 e. The summed E-state index contributed by atoms with van der Waals surface area (Å²) >= 11 is 1.72. The molecule has 1 heterocycles. The molecule has 1 rings (SSSR count). The molecule has 0 radical (unpaired) electrons. The molecular formula is C14H25N3OS. The Morgan fingerprint density at radius 1 is 1.42 bits per heavy atom. The predicted molar refractivity (Wildman–Crippen MR) is 81.8 cm³/mol. The fraction of sp³-hybridized carbons (Fsp3) is 0.643. The molecular weight excluding hydrogens is 258 g/mol. The Labute approximate surface area is 120 Å². The molecule has 108 valence electrons. The average molecular weight is 283 g/mol. The molecule has 0 aliphatic heterocycles. The fourth-order valence-corrected chi connectivity index (χ4v) is 2.40. The van der Waals surface area contributed by atoms with Gasteiger partial charge in [-0.2, -0.15) is 0 Å². The molecule has 2 N–H and O–H groups in total. The van der Waals surface area contributed by atoms with Crippen molar-refractivity contribution in [2.24, 2.45) is 0 Å². The molecule has 1 aromatic rings. The van der Waals surface area contributed by atoms with E-state index in [9.17, 15) is 4.79 Å². The topological polar surface area (TPSA) is 44.4 Å². The summed E-state index contributed by atoms with van der Waals surface area (Å²) in [5.41, 5.74) is 0. The number of hydrogen-bond donors (Lipinski definition) is 2. The van der Waals surface area contributed by atoms with E-state index in [0.29, 0.717) is 19.1 Å². The van der Waals surface area contributed by atoms with Crippen LogP contribution in [0, 0.1) is 0 Å². The van der Waals surface area contributed by atoms with E-state index in [0.717, 1.165) is 19.4 Å². The summed E-state index contributed by atoms with van der Waals surface area (Å²) in [6.45, 7) is 6.62. The summed E-state index contributed by atoms with van der Waals surface area (Å²) < 4.78 is 0. The Morgan fingerprint density at radius 2 is 2.16 bits per heavy atom. The molecule has 0 fully saturated rings. The first kappa shape index (κ1) is 16.0. The lowest BCUT2D eigenvalue weighted by Crippen LogP contribution is -2.41. The van der Waals surface area contributed by atoms with Crippen LogP contribution in [0.3, 0.4) is 0 Å². The van der Waals surface area contributed by atoms with E-state index in [4.69, 9.17) is 0 Å². The lowest BCUT2D eigenvalue weighted by Gasteiger charge is -2.23. The van der Waals surface area contributed by atoms with Crippen molar-refractivity contribution in [2.45, 2.75) is 32.7 Å². The van der Waals surface area contributed by atoms with Gasteiger partial charge in [0.05, 0.1) is 0 Å². The van der Waals surface area contributed by atoms with Gasteiger partial charge in [-0.1, -0.05) is 13.0 Å². The molecule has 0 aliphatic carbocycles. The number of nitrogens with zero attached hydrogens (tertiary/aromatic N) is 1. The van der Waals surface area contributed by atoms with Gasteiger partial charge in [-0.25, -0.2) is 4.79 Å². The molecule has 1 unspecified atom stereocenters. The van der Waals surface area contributed by atoms with E-state index in [1.165, 1.54) is 4.88 Å². The van der Waals surface area contributed by atoms with Gasteiger partial charge >= 0.3 is 6.03 Å². The van der Waals surface area contributed by atoms with E-state index in [2.05, 4.69) is 47.9 Å². The summed E-state index contributed by atoms with van der Waals surface area (Å²) in [7, 11) is 2.09. The van der Waals surface area contributed by atoms with E-state index < -0.39 is 0 Å². The number of amides is 2. The van der Waals surface area contributed by atoms with Crippen molar-refractivity contribution in [1.29, 1.82) is 0 Å². The van der Waals surface area contributed by atoms with Crippen LogP contribution < -0.4 is 10.6 Å². The summed E-state index contributed by atoms with van der Waals surface area (Å²) in [6.07, 6.45) is 2.03. The minimum atomic E-state index is -0.0749. The maximum Gasteiger partial charge on any atom is 0.314 e. The maximum atomic E-state index is 11.6. The maximum absolute atomic E-state index is 11.6. The predicted octanol–water partition coefficient (Wildman–Crippen LogP) is 2.32. The van der Waals surface area contributed by atoms with Crippen LogP contribution in [0.5, 0.6) is 0 Å². The van der Waals surface area contributed by atoms with Gasteiger partial charge in [0.25, 0.3) is 0 Å². The van der Waals surface area contributed by atoms with Crippen LogP contribution >= 0.6 is 11.3 Å². The minimum absolute atomic E-state index is 0.0749. The van der Waals surface area contributed by atoms with Gasteiger partial charge in [0.2, 0.25) is 0 Å². The van der Waals surface area contributed by atoms with Crippen molar-refractivity contribution in [3.05, 3.63) is 22.4 Å². The molecule has 0 aromatic carbocycles. The minimum Gasteiger partial charge on any atom is -0.338 e. The molecule has 1 aromatic heterocycles. The van der Waals surface area contributed by atoms with Crippen LogP contribution in [0.1, 0.15) is 25.1 Å². The number of likely N-dealkylation sites (N-methyl/N-ethyl adjacent to an activating group) is 1. The second-order valence-electron chi connectivity index (χ2n) is 4.75. The highest BCUT2D eigenvalue weighted by atomic mass is 32.1. The molecule has 0 saturated carbocycles. The molecule has 5 heteroatoms. The van der Waals surface area contributed by atoms with Gasteiger partial charge in [-0.3, -0.25) is 0 Å². The summed E-state index contributed by atoms with van der Waals surface area (Å²) in [5, 5.41) is 7.82. The van der Waals surface area contributed by atoms with E-state index in [-0.39, 0.29) is 6.03 Å². The highest BCUT2D eigenvalue weighted by Gasteiger charge is 2.06. The van der Waals surface area contributed by atoms with E-state index in [1.54, 1.807) is 11.3 Å². The number of carbonyl (C=O) groups is 1. The quantitative estimate of drug-likeness (QED) is 0.769. The van der Waals surface area contributed by atoms with Crippen LogP contribution in [0.4, 0.5) is 4.79 Å². The third-order valence-electron chi connectivity index (χ3n) is 3.33. The first-order chi connectivity index (χ1) is 9.13. The normalized spacial score (nSPS) is 12.4. The molecule has 19 heavy (non-hydrogen) atoms. The Hall–Kier alpha value is -1.07. The number of hydrogen-bond acceptors (Lipinski definition) is 3. The Bertz CT molecular complexity index is 354. The van der Waals surface area contributed by atoms with Crippen LogP contribution in [0.2, 0.25) is 0 Å². The lowest BCUT2D eigenvalue weighted by molar-refractivity contribution is 0.230. The SMILES string of the molecule is CCC(C)N(C)CCNC(=O)NCCc1cccs1. The second-order valence-corrected chi connectivity index (χ2v) is 5.78. The first-order valence-corrected chi connectivity index (χ1v) is 7.75. The van der Waals surface area contributed by atoms with Crippen molar-refractivity contribution >= 4 is 17.4 Å². The van der Waals surface area contributed by atoms with Crippen LogP contribution in [-0.4, -0.2) is 43.7 Å². The Morgan fingerprint density at radius 3 is 2.79 bits per heavy atom. The third-order valence-corrected chi connectivity index (χ3v) is 4.27. The van der Waals surface area contributed by atoms with E-state index in [1.807, 2.05) is 6.07 Å². The van der Waals surface area contributed by atoms with E-state index >= 15 is 0 Å².